The Labute approximate surface area is 123 Å². The van der Waals surface area contributed by atoms with Gasteiger partial charge in [0.05, 0.1) is 0 Å². The Kier molecular flexibility index (Phi) is 3.64. The zero-order valence-electron chi connectivity index (χ0n) is 11.0. The highest BCUT2D eigenvalue weighted by Gasteiger charge is 2.55. The van der Waals surface area contributed by atoms with Gasteiger partial charge in [-0.25, -0.2) is 0 Å². The molecule has 0 radical (unpaired) electrons. The average Bonchev–Trinajstić information content (AvgIpc) is 2.47. The van der Waals surface area contributed by atoms with Crippen molar-refractivity contribution in [1.82, 2.24) is 0 Å². The molecule has 0 saturated carbocycles. The second-order valence-corrected chi connectivity index (χ2v) is 6.53. The standard InChI is InChI=1S/C17H12F3S/c18-17(19,20)21(14-9-2-1-3-10-14)16-12-6-8-13-7-4-5-11-15(13)16/h1-12H/q+1. The third-order valence-corrected chi connectivity index (χ3v) is 5.18. The van der Waals surface area contributed by atoms with Crippen LogP contribution in [0.15, 0.2) is 82.6 Å². The molecule has 0 N–H and O–H groups in total. The fourth-order valence-corrected chi connectivity index (χ4v) is 4.14. The first kappa shape index (κ1) is 14.0. The van der Waals surface area contributed by atoms with E-state index in [0.717, 1.165) is 5.39 Å². The second kappa shape index (κ2) is 5.45. The lowest BCUT2D eigenvalue weighted by molar-refractivity contribution is -0.0370. The summed E-state index contributed by atoms with van der Waals surface area (Å²) in [5.74, 6) is 0. The van der Waals surface area contributed by atoms with Crippen LogP contribution in [0, 0.1) is 0 Å². The maximum Gasteiger partial charge on any atom is 0.586 e. The molecule has 0 aliphatic heterocycles. The van der Waals surface area contributed by atoms with Crippen LogP contribution in [0.4, 0.5) is 13.2 Å². The number of hydrogen-bond acceptors (Lipinski definition) is 0. The first-order valence-electron chi connectivity index (χ1n) is 6.41. The summed E-state index contributed by atoms with van der Waals surface area (Å²) in [6, 6.07) is 20.4. The zero-order chi connectivity index (χ0) is 14.9. The van der Waals surface area contributed by atoms with E-state index >= 15 is 0 Å². The lowest BCUT2D eigenvalue weighted by Gasteiger charge is -2.12. The lowest BCUT2D eigenvalue weighted by Crippen LogP contribution is -2.24. The van der Waals surface area contributed by atoms with Crippen molar-refractivity contribution in [3.05, 3.63) is 72.8 Å². The molecule has 106 valence electrons. The molecule has 0 aliphatic carbocycles. The van der Waals surface area contributed by atoms with Gasteiger partial charge in [0.2, 0.25) is 0 Å². The van der Waals surface area contributed by atoms with E-state index in [9.17, 15) is 13.2 Å². The van der Waals surface area contributed by atoms with Crippen molar-refractivity contribution < 1.29 is 13.2 Å². The Morgan fingerprint density at radius 1 is 0.667 bits per heavy atom. The summed E-state index contributed by atoms with van der Waals surface area (Å²) in [6.45, 7) is 0. The first-order valence-corrected chi connectivity index (χ1v) is 7.64. The molecular weight excluding hydrogens is 293 g/mol. The summed E-state index contributed by atoms with van der Waals surface area (Å²) >= 11 is 0. The van der Waals surface area contributed by atoms with Crippen molar-refractivity contribution in [2.75, 3.05) is 0 Å². The van der Waals surface area contributed by atoms with Gasteiger partial charge < -0.3 is 0 Å². The van der Waals surface area contributed by atoms with E-state index in [4.69, 9.17) is 0 Å². The largest absolute Gasteiger partial charge is 0.586 e. The van der Waals surface area contributed by atoms with Gasteiger partial charge in [0.1, 0.15) is 0 Å². The molecule has 0 nitrogen and oxygen atoms in total. The highest BCUT2D eigenvalue weighted by Crippen LogP contribution is 2.40. The van der Waals surface area contributed by atoms with Crippen molar-refractivity contribution in [2.24, 2.45) is 0 Å². The molecule has 3 aromatic rings. The summed E-state index contributed by atoms with van der Waals surface area (Å²) in [6.07, 6.45) is 0. The van der Waals surface area contributed by atoms with Crippen LogP contribution in [0.1, 0.15) is 0 Å². The quantitative estimate of drug-likeness (QED) is 0.556. The van der Waals surface area contributed by atoms with E-state index in [1.165, 1.54) is 0 Å². The molecule has 0 amide bonds. The van der Waals surface area contributed by atoms with E-state index in [2.05, 4.69) is 0 Å². The molecule has 0 bridgehead atoms. The maximum absolute atomic E-state index is 13.6. The van der Waals surface area contributed by atoms with Crippen molar-refractivity contribution in [3.63, 3.8) is 0 Å². The lowest BCUT2D eigenvalue weighted by atomic mass is 10.1. The van der Waals surface area contributed by atoms with Crippen LogP contribution in [0.25, 0.3) is 10.8 Å². The highest BCUT2D eigenvalue weighted by molar-refractivity contribution is 7.98. The van der Waals surface area contributed by atoms with Gasteiger partial charge in [-0.1, -0.05) is 48.5 Å². The Bertz CT molecular complexity index is 745. The van der Waals surface area contributed by atoms with Gasteiger partial charge in [0.15, 0.2) is 20.7 Å². The van der Waals surface area contributed by atoms with E-state index in [1.54, 1.807) is 54.6 Å². The first-order chi connectivity index (χ1) is 10.1. The van der Waals surface area contributed by atoms with Crippen molar-refractivity contribution in [3.8, 4) is 0 Å². The van der Waals surface area contributed by atoms with Crippen molar-refractivity contribution in [1.29, 1.82) is 0 Å². The Morgan fingerprint density at radius 3 is 2.00 bits per heavy atom. The molecule has 0 heterocycles. The van der Waals surface area contributed by atoms with E-state index < -0.39 is 16.4 Å². The topological polar surface area (TPSA) is 0 Å². The maximum atomic E-state index is 13.6. The van der Waals surface area contributed by atoms with E-state index in [1.807, 2.05) is 18.2 Å². The average molecular weight is 305 g/mol. The van der Waals surface area contributed by atoms with Crippen LogP contribution in [0.5, 0.6) is 0 Å². The predicted molar refractivity (Wildman–Crippen MR) is 80.3 cm³/mol. The summed E-state index contributed by atoms with van der Waals surface area (Å²) in [7, 11) is -1.94. The van der Waals surface area contributed by atoms with E-state index in [-0.39, 0.29) is 0 Å². The molecule has 0 saturated heterocycles. The number of halogens is 3. The highest BCUT2D eigenvalue weighted by atomic mass is 32.2. The number of fused-ring (bicyclic) bond motifs is 1. The molecule has 0 aliphatic rings. The monoisotopic (exact) mass is 305 g/mol. The Morgan fingerprint density at radius 2 is 1.29 bits per heavy atom. The zero-order valence-corrected chi connectivity index (χ0v) is 11.8. The van der Waals surface area contributed by atoms with Crippen molar-refractivity contribution in [2.45, 2.75) is 15.3 Å². The summed E-state index contributed by atoms with van der Waals surface area (Å²) < 4.78 is 40.9. The SMILES string of the molecule is FC(F)(F)[S+](c1ccccc1)c1cccc2ccccc12. The normalized spacial score (nSPS) is 13.3. The Balaban J connectivity index is 2.25. The molecule has 3 aromatic carbocycles. The van der Waals surface area contributed by atoms with Gasteiger partial charge in [-0.05, 0) is 29.7 Å². The second-order valence-electron chi connectivity index (χ2n) is 4.54. The molecular formula is C17H12F3S+. The van der Waals surface area contributed by atoms with Gasteiger partial charge in [-0.3, -0.25) is 0 Å². The van der Waals surface area contributed by atoms with Crippen LogP contribution in [-0.4, -0.2) is 5.51 Å². The fraction of sp³-hybridized carbons (Fsp3) is 0.0588. The summed E-state index contributed by atoms with van der Waals surface area (Å²) in [5, 5.41) is 1.48. The minimum atomic E-state index is -4.30. The van der Waals surface area contributed by atoms with Gasteiger partial charge in [-0.2, -0.15) is 0 Å². The van der Waals surface area contributed by atoms with Crippen LogP contribution >= 0.6 is 0 Å². The molecule has 21 heavy (non-hydrogen) atoms. The molecule has 4 heteroatoms. The third kappa shape index (κ3) is 2.76. The summed E-state index contributed by atoms with van der Waals surface area (Å²) in [5.41, 5.74) is -4.30. The number of rotatable bonds is 2. The van der Waals surface area contributed by atoms with Crippen LogP contribution in [0.3, 0.4) is 0 Å². The van der Waals surface area contributed by atoms with E-state index in [0.29, 0.717) is 15.2 Å². The summed E-state index contributed by atoms with van der Waals surface area (Å²) in [4.78, 5) is 0.619. The van der Waals surface area contributed by atoms with Gasteiger partial charge in [0, 0.05) is 5.39 Å². The molecule has 0 aromatic heterocycles. The Hall–Kier alpha value is -1.94. The molecule has 0 fully saturated rings. The van der Waals surface area contributed by atoms with Crippen LogP contribution < -0.4 is 0 Å². The van der Waals surface area contributed by atoms with Crippen molar-refractivity contribution >= 4 is 21.7 Å². The molecule has 1 unspecified atom stereocenters. The third-order valence-electron chi connectivity index (χ3n) is 3.18. The number of benzene rings is 3. The van der Waals surface area contributed by atoms with Crippen LogP contribution in [0.2, 0.25) is 0 Å². The molecule has 3 rings (SSSR count). The number of alkyl halides is 3. The van der Waals surface area contributed by atoms with Gasteiger partial charge in [-0.15, -0.1) is 13.2 Å². The minimum absolute atomic E-state index is 0.293. The molecule has 0 spiro atoms. The smallest absolute Gasteiger partial charge is 0.122 e. The number of hydrogen-bond donors (Lipinski definition) is 0. The van der Waals surface area contributed by atoms with Gasteiger partial charge in [0.25, 0.3) is 0 Å². The van der Waals surface area contributed by atoms with Crippen LogP contribution in [-0.2, 0) is 10.9 Å². The molecule has 1 atom stereocenters. The van der Waals surface area contributed by atoms with Gasteiger partial charge >= 0.3 is 5.51 Å². The predicted octanol–water partition coefficient (Wildman–Crippen LogP) is 5.40. The minimum Gasteiger partial charge on any atom is -0.122 e. The fourth-order valence-electron chi connectivity index (χ4n) is 2.32.